The van der Waals surface area contributed by atoms with Crippen LogP contribution in [-0.2, 0) is 5.41 Å². The van der Waals surface area contributed by atoms with E-state index in [9.17, 15) is 0 Å². The summed E-state index contributed by atoms with van der Waals surface area (Å²) in [6.07, 6.45) is 5.33. The number of hydrogen-bond acceptors (Lipinski definition) is 2. The predicted molar refractivity (Wildman–Crippen MR) is 286 cm³/mol. The summed E-state index contributed by atoms with van der Waals surface area (Å²) in [4.78, 5) is 4.96. The molecule has 0 atom stereocenters. The fourth-order valence-electron chi connectivity index (χ4n) is 9.84. The summed E-state index contributed by atoms with van der Waals surface area (Å²) < 4.78 is 102. The Hall–Kier alpha value is -9.00. The monoisotopic (exact) mass is 911 g/mol. The molecule has 0 unspecified atom stereocenters. The first-order valence-corrected chi connectivity index (χ1v) is 23.0. The minimum atomic E-state index is -0.569. The molecule has 4 heterocycles. The average molecular weight is 912 g/mol. The molecule has 0 radical (unpaired) electrons. The normalized spacial score (nSPS) is 13.9. The summed E-state index contributed by atoms with van der Waals surface area (Å²) >= 11 is 0. The molecule has 0 aliphatic heterocycles. The van der Waals surface area contributed by atoms with E-state index in [0.717, 1.165) is 49.9 Å². The molecule has 13 rings (SSSR count). The first-order chi connectivity index (χ1) is 38.5. The van der Waals surface area contributed by atoms with Crippen LogP contribution in [0.5, 0.6) is 11.5 Å². The molecule has 0 saturated carbocycles. The number of para-hydroxylation sites is 5. The number of benzene rings is 9. The SMILES string of the molecule is [2H]c1c([2H])c([2H])c(-c2cccc(-c3c([2H])c([2H])c([2H])c([2H])c3[2H])c2-[n+]2[c-]n(-c3cccc(Oc4ccc5c6cc(-n7c8ccccc8c8ccccc87)ccc6n(-c6cc(C(C)(C)C)ccn6)c5c4)c3)c3ccccc32)c([2H])c1[2H]. The Kier molecular flexibility index (Phi) is 7.45. The molecule has 6 heteroatoms. The van der Waals surface area contributed by atoms with Gasteiger partial charge in [-0.25, -0.2) is 4.98 Å². The minimum Gasteiger partial charge on any atom is -0.458 e. The molecule has 13 aromatic rings. The summed E-state index contributed by atoms with van der Waals surface area (Å²) in [6.45, 7) is 6.57. The molecule has 9 aromatic carbocycles. The maximum absolute atomic E-state index is 9.07. The largest absolute Gasteiger partial charge is 0.458 e. The number of rotatable bonds is 8. The van der Waals surface area contributed by atoms with Gasteiger partial charge in [0.1, 0.15) is 17.3 Å². The Morgan fingerprint density at radius 1 is 0.500 bits per heavy atom. The topological polar surface area (TPSA) is 40.8 Å². The highest BCUT2D eigenvalue weighted by molar-refractivity contribution is 6.12. The third kappa shape index (κ3) is 6.87. The van der Waals surface area contributed by atoms with Crippen LogP contribution in [0.2, 0.25) is 0 Å². The van der Waals surface area contributed by atoms with Crippen molar-refractivity contribution in [3.8, 4) is 56.6 Å². The maximum Gasteiger partial charge on any atom is 0.269 e. The van der Waals surface area contributed by atoms with E-state index in [0.29, 0.717) is 28.2 Å². The Balaban J connectivity index is 0.967. The molecule has 0 amide bonds. The smallest absolute Gasteiger partial charge is 0.269 e. The van der Waals surface area contributed by atoms with E-state index in [-0.39, 0.29) is 33.4 Å². The van der Waals surface area contributed by atoms with Crippen LogP contribution in [0.1, 0.15) is 40.0 Å². The lowest BCUT2D eigenvalue weighted by Gasteiger charge is -2.20. The van der Waals surface area contributed by atoms with E-state index in [2.05, 4.69) is 121 Å². The number of pyridine rings is 1. The van der Waals surface area contributed by atoms with E-state index in [1.54, 1.807) is 27.3 Å². The number of ether oxygens (including phenoxy) is 1. The molecule has 6 nitrogen and oxygen atoms in total. The van der Waals surface area contributed by atoms with Crippen molar-refractivity contribution in [2.45, 2.75) is 26.2 Å². The van der Waals surface area contributed by atoms with Crippen molar-refractivity contribution in [2.24, 2.45) is 0 Å². The minimum absolute atomic E-state index is 0.134. The molecule has 0 saturated heterocycles. The lowest BCUT2D eigenvalue weighted by Crippen LogP contribution is -2.31. The van der Waals surface area contributed by atoms with Gasteiger partial charge in [-0.2, -0.15) is 0 Å². The molecular formula is C64H47N5O. The number of nitrogens with zero attached hydrogens (tertiary/aromatic N) is 5. The molecule has 0 fully saturated rings. The number of hydrogen-bond donors (Lipinski definition) is 0. The van der Waals surface area contributed by atoms with Crippen LogP contribution in [0.25, 0.3) is 99.8 Å². The highest BCUT2D eigenvalue weighted by Gasteiger charge is 2.22. The fourth-order valence-corrected chi connectivity index (χ4v) is 9.84. The van der Waals surface area contributed by atoms with Gasteiger partial charge in [-0.15, -0.1) is 0 Å². The second-order valence-electron chi connectivity index (χ2n) is 18.3. The third-order valence-corrected chi connectivity index (χ3v) is 13.1. The molecule has 0 aliphatic rings. The lowest BCUT2D eigenvalue weighted by atomic mass is 9.88. The van der Waals surface area contributed by atoms with Gasteiger partial charge in [0, 0.05) is 39.5 Å². The summed E-state index contributed by atoms with van der Waals surface area (Å²) in [7, 11) is 0. The van der Waals surface area contributed by atoms with E-state index >= 15 is 0 Å². The molecule has 0 bridgehead atoms. The van der Waals surface area contributed by atoms with Gasteiger partial charge in [0.25, 0.3) is 6.33 Å². The molecule has 334 valence electrons. The summed E-state index contributed by atoms with van der Waals surface area (Å²) in [5.74, 6) is 1.84. The lowest BCUT2D eigenvalue weighted by molar-refractivity contribution is -0.571. The summed E-state index contributed by atoms with van der Waals surface area (Å²) in [5, 5.41) is 4.42. The average Bonchev–Trinajstić information content (AvgIpc) is 4.33. The molecule has 0 N–H and O–H groups in total. The van der Waals surface area contributed by atoms with Gasteiger partial charge in [0.15, 0.2) is 0 Å². The van der Waals surface area contributed by atoms with E-state index in [1.165, 1.54) is 10.8 Å². The van der Waals surface area contributed by atoms with E-state index in [1.807, 2.05) is 66.9 Å². The van der Waals surface area contributed by atoms with Crippen molar-refractivity contribution >= 4 is 54.6 Å². The van der Waals surface area contributed by atoms with Crippen molar-refractivity contribution < 1.29 is 23.0 Å². The van der Waals surface area contributed by atoms with Crippen LogP contribution in [-0.4, -0.2) is 18.7 Å². The molecular weight excluding hydrogens is 855 g/mol. The van der Waals surface area contributed by atoms with Crippen molar-refractivity contribution in [2.75, 3.05) is 0 Å². The standard InChI is InChI=1S/C64H47N5O/c1-64(2,3)45-36-37-65-62(38-45)69-58-35-32-47(68-56-28-12-10-24-52(56)53-25-11-13-29-57(53)68)40-55(58)54-34-33-49(41-61(54)69)70-48-23-16-22-46(39-48)66-42-67(60-31-15-14-30-59(60)66)63-50(43-18-6-4-7-19-43)26-17-27-51(63)44-20-8-5-9-21-44/h4-41H,1-3H3/i4D,5D,6D,7D,8D,9D,18D,19D,20D,21D. The van der Waals surface area contributed by atoms with Crippen LogP contribution >= 0.6 is 0 Å². The van der Waals surface area contributed by atoms with Crippen LogP contribution in [0.15, 0.2) is 230 Å². The summed E-state index contributed by atoms with van der Waals surface area (Å²) in [5.41, 5.74) is 8.18. The van der Waals surface area contributed by atoms with Crippen LogP contribution < -0.4 is 9.30 Å². The van der Waals surface area contributed by atoms with Gasteiger partial charge in [-0.3, -0.25) is 13.7 Å². The van der Waals surface area contributed by atoms with Gasteiger partial charge in [-0.1, -0.05) is 166 Å². The second-order valence-corrected chi connectivity index (χ2v) is 18.3. The van der Waals surface area contributed by atoms with Crippen LogP contribution in [0.3, 0.4) is 0 Å². The number of imidazole rings is 1. The summed E-state index contributed by atoms with van der Waals surface area (Å²) in [6, 6.07) is 48.3. The highest BCUT2D eigenvalue weighted by Crippen LogP contribution is 2.40. The molecule has 4 aromatic heterocycles. The first kappa shape index (κ1) is 31.9. The van der Waals surface area contributed by atoms with Gasteiger partial charge < -0.3 is 9.30 Å². The molecule has 0 spiro atoms. The van der Waals surface area contributed by atoms with Crippen LogP contribution in [0, 0.1) is 6.33 Å². The number of aromatic nitrogens is 5. The zero-order valence-corrected chi connectivity index (χ0v) is 38.3. The Bertz CT molecular complexity index is 4570. The second kappa shape index (κ2) is 16.4. The zero-order valence-electron chi connectivity index (χ0n) is 48.3. The van der Waals surface area contributed by atoms with Crippen molar-refractivity contribution in [3.05, 3.63) is 242 Å². The van der Waals surface area contributed by atoms with Gasteiger partial charge in [-0.05, 0) is 106 Å². The van der Waals surface area contributed by atoms with Crippen molar-refractivity contribution in [1.29, 1.82) is 0 Å². The first-order valence-electron chi connectivity index (χ1n) is 28.0. The van der Waals surface area contributed by atoms with Crippen LogP contribution in [0.4, 0.5) is 0 Å². The Morgan fingerprint density at radius 2 is 1.11 bits per heavy atom. The quantitative estimate of drug-likeness (QED) is 0.113. The van der Waals surface area contributed by atoms with E-state index in [4.69, 9.17) is 23.4 Å². The number of fused-ring (bicyclic) bond motifs is 7. The van der Waals surface area contributed by atoms with Gasteiger partial charge >= 0.3 is 0 Å². The Morgan fingerprint density at radius 3 is 1.81 bits per heavy atom. The maximum atomic E-state index is 9.07. The molecule has 0 aliphatic carbocycles. The van der Waals surface area contributed by atoms with E-state index < -0.39 is 60.4 Å². The van der Waals surface area contributed by atoms with Crippen molar-refractivity contribution in [3.63, 3.8) is 0 Å². The van der Waals surface area contributed by atoms with Crippen molar-refractivity contribution in [1.82, 2.24) is 18.7 Å². The highest BCUT2D eigenvalue weighted by atomic mass is 16.5. The van der Waals surface area contributed by atoms with Gasteiger partial charge in [0.05, 0.1) is 58.2 Å². The van der Waals surface area contributed by atoms with Gasteiger partial charge in [0.2, 0.25) is 0 Å². The molecule has 70 heavy (non-hydrogen) atoms. The zero-order chi connectivity index (χ0) is 55.6. The fraction of sp³-hybridized carbons (Fsp3) is 0.0625. The Labute approximate surface area is 420 Å². The third-order valence-electron chi connectivity index (χ3n) is 13.1. The predicted octanol–water partition coefficient (Wildman–Crippen LogP) is 15.7.